The molecule has 5 nitrogen and oxygen atoms in total. The van der Waals surface area contributed by atoms with Crippen molar-refractivity contribution in [3.63, 3.8) is 0 Å². The maximum atomic E-state index is 14.1. The number of fused-ring (bicyclic) bond motifs is 2. The van der Waals surface area contributed by atoms with Crippen molar-refractivity contribution in [1.29, 1.82) is 0 Å². The molecule has 0 amide bonds. The molecule has 0 unspecified atom stereocenters. The second-order valence-electron chi connectivity index (χ2n) is 8.58. The topological polar surface area (TPSA) is 59.9 Å². The second kappa shape index (κ2) is 7.89. The minimum Gasteiger partial charge on any atom is -0.465 e. The number of nitrogens with one attached hydrogen (secondary N) is 1. The number of rotatable bonds is 4. The van der Waals surface area contributed by atoms with Crippen molar-refractivity contribution in [3.05, 3.63) is 83.4 Å². The molecule has 0 bridgehead atoms. The zero-order chi connectivity index (χ0) is 23.3. The molecule has 2 aromatic heterocycles. The van der Waals surface area contributed by atoms with Crippen LogP contribution in [0.5, 0.6) is 0 Å². The van der Waals surface area contributed by atoms with Crippen molar-refractivity contribution in [2.75, 3.05) is 7.11 Å². The van der Waals surface area contributed by atoms with E-state index in [1.807, 2.05) is 30.3 Å². The fourth-order valence-corrected chi connectivity index (χ4v) is 4.56. The van der Waals surface area contributed by atoms with E-state index >= 15 is 0 Å². The van der Waals surface area contributed by atoms with Gasteiger partial charge in [-0.25, -0.2) is 9.18 Å². The molecule has 0 saturated carbocycles. The van der Waals surface area contributed by atoms with Crippen molar-refractivity contribution >= 4 is 27.8 Å². The van der Waals surface area contributed by atoms with Gasteiger partial charge in [0.05, 0.1) is 29.9 Å². The highest BCUT2D eigenvalue weighted by Crippen LogP contribution is 2.42. The summed E-state index contributed by atoms with van der Waals surface area (Å²) in [7, 11) is 1.38. The molecule has 0 radical (unpaired) electrons. The summed E-state index contributed by atoms with van der Waals surface area (Å²) in [4.78, 5) is 12.2. The number of methoxy groups -OCH3 is 1. The third kappa shape index (κ3) is 3.39. The Bertz CT molecular complexity index is 1530. The molecule has 2 heterocycles. The predicted octanol–water partition coefficient (Wildman–Crippen LogP) is 6.53. The molecule has 0 aliphatic heterocycles. The van der Waals surface area contributed by atoms with Gasteiger partial charge in [0.15, 0.2) is 0 Å². The number of benzene rings is 3. The van der Waals surface area contributed by atoms with Crippen molar-refractivity contribution in [2.45, 2.75) is 26.7 Å². The largest absolute Gasteiger partial charge is 0.465 e. The van der Waals surface area contributed by atoms with Gasteiger partial charge in [-0.2, -0.15) is 5.10 Å². The minimum atomic E-state index is -0.378. The molecule has 5 rings (SSSR count). The number of aromatic amines is 1. The molecule has 0 aliphatic carbocycles. The maximum Gasteiger partial charge on any atom is 0.337 e. The summed E-state index contributed by atoms with van der Waals surface area (Å²) in [6, 6.07) is 16.9. The fourth-order valence-electron chi connectivity index (χ4n) is 4.56. The van der Waals surface area contributed by atoms with Gasteiger partial charge in [0.1, 0.15) is 5.82 Å². The summed E-state index contributed by atoms with van der Waals surface area (Å²) in [5.41, 5.74) is 6.92. The van der Waals surface area contributed by atoms with Gasteiger partial charge in [-0.3, -0.25) is 5.10 Å². The van der Waals surface area contributed by atoms with Crippen molar-refractivity contribution < 1.29 is 13.9 Å². The van der Waals surface area contributed by atoms with Crippen molar-refractivity contribution in [2.24, 2.45) is 0 Å². The van der Waals surface area contributed by atoms with Gasteiger partial charge in [0.2, 0.25) is 0 Å². The van der Waals surface area contributed by atoms with E-state index in [4.69, 9.17) is 4.74 Å². The van der Waals surface area contributed by atoms with Crippen LogP contribution in [0.4, 0.5) is 4.39 Å². The number of hydrogen-bond acceptors (Lipinski definition) is 3. The predicted molar refractivity (Wildman–Crippen MR) is 128 cm³/mol. The lowest BCUT2D eigenvalue weighted by Gasteiger charge is -2.16. The molecule has 1 N–H and O–H groups in total. The maximum absolute atomic E-state index is 14.1. The third-order valence-corrected chi connectivity index (χ3v) is 6.08. The summed E-state index contributed by atoms with van der Waals surface area (Å²) < 4.78 is 21.3. The zero-order valence-electron chi connectivity index (χ0n) is 18.9. The molecule has 0 aliphatic rings. The quantitative estimate of drug-likeness (QED) is 0.323. The zero-order valence-corrected chi connectivity index (χ0v) is 18.9. The molecular formula is C27H24FN3O2. The van der Waals surface area contributed by atoms with Gasteiger partial charge in [-0.05, 0) is 66.4 Å². The number of ether oxygens (including phenoxy) is 1. The van der Waals surface area contributed by atoms with E-state index in [9.17, 15) is 9.18 Å². The Kier molecular flexibility index (Phi) is 5.01. The molecule has 0 saturated heterocycles. The van der Waals surface area contributed by atoms with E-state index in [1.54, 1.807) is 19.2 Å². The van der Waals surface area contributed by atoms with Crippen LogP contribution < -0.4 is 0 Å². The first kappa shape index (κ1) is 20.9. The van der Waals surface area contributed by atoms with Gasteiger partial charge in [0, 0.05) is 27.7 Å². The summed E-state index contributed by atoms with van der Waals surface area (Å²) in [6.07, 6.45) is 1.80. The molecule has 5 aromatic rings. The number of carbonyl (C=O) groups is 1. The summed E-state index contributed by atoms with van der Waals surface area (Å²) >= 11 is 0. The number of hydrogen-bond donors (Lipinski definition) is 1. The van der Waals surface area contributed by atoms with E-state index in [-0.39, 0.29) is 17.7 Å². The lowest BCUT2D eigenvalue weighted by Crippen LogP contribution is -2.04. The van der Waals surface area contributed by atoms with Crippen LogP contribution in [0.3, 0.4) is 0 Å². The molecular weight excluding hydrogens is 417 g/mol. The lowest BCUT2D eigenvalue weighted by molar-refractivity contribution is 0.0601. The standard InChI is InChI=1S/C27H24FN3O2/c1-15(2)26-25(17-6-5-7-18(11-17)27(32)33-4)21-13-23-19(14-29-30-23)12-24(21)31(26)20-8-9-22(28)16(3)10-20/h5-15H,1-4H3,(H,29,30). The van der Waals surface area contributed by atoms with Crippen LogP contribution in [0, 0.1) is 12.7 Å². The number of H-pyrrole nitrogens is 1. The Morgan fingerprint density at radius 1 is 1.12 bits per heavy atom. The van der Waals surface area contributed by atoms with Crippen LogP contribution in [0.1, 0.15) is 41.4 Å². The Hall–Kier alpha value is -3.93. The van der Waals surface area contributed by atoms with Gasteiger partial charge >= 0.3 is 5.97 Å². The van der Waals surface area contributed by atoms with Crippen LogP contribution in [0.25, 0.3) is 38.6 Å². The number of halogens is 1. The van der Waals surface area contributed by atoms with Gasteiger partial charge in [0.25, 0.3) is 0 Å². The Labute approximate surface area is 190 Å². The average molecular weight is 442 g/mol. The molecule has 0 fully saturated rings. The summed E-state index contributed by atoms with van der Waals surface area (Å²) in [6.45, 7) is 6.05. The molecule has 0 atom stereocenters. The average Bonchev–Trinajstić information content (AvgIpc) is 3.40. The van der Waals surface area contributed by atoms with Crippen LogP contribution in [0.15, 0.2) is 60.8 Å². The molecule has 3 aromatic carbocycles. The first-order valence-electron chi connectivity index (χ1n) is 10.9. The number of esters is 1. The van der Waals surface area contributed by atoms with Crippen molar-refractivity contribution in [3.8, 4) is 16.8 Å². The Balaban J connectivity index is 1.92. The van der Waals surface area contributed by atoms with E-state index < -0.39 is 0 Å². The number of nitrogens with zero attached hydrogens (tertiary/aromatic N) is 2. The highest BCUT2D eigenvalue weighted by Gasteiger charge is 2.23. The molecule has 166 valence electrons. The van der Waals surface area contributed by atoms with Crippen LogP contribution in [-0.2, 0) is 4.74 Å². The second-order valence-corrected chi connectivity index (χ2v) is 8.58. The summed E-state index contributed by atoms with van der Waals surface area (Å²) in [5, 5.41) is 9.27. The third-order valence-electron chi connectivity index (χ3n) is 6.08. The number of aryl methyl sites for hydroxylation is 1. The van der Waals surface area contributed by atoms with Crippen LogP contribution >= 0.6 is 0 Å². The van der Waals surface area contributed by atoms with E-state index in [2.05, 4.69) is 40.7 Å². The molecule has 33 heavy (non-hydrogen) atoms. The van der Waals surface area contributed by atoms with Gasteiger partial charge < -0.3 is 9.30 Å². The monoisotopic (exact) mass is 441 g/mol. The number of carbonyl (C=O) groups excluding carboxylic acids is 1. The van der Waals surface area contributed by atoms with E-state index in [1.165, 1.54) is 13.2 Å². The van der Waals surface area contributed by atoms with E-state index in [0.717, 1.165) is 44.3 Å². The van der Waals surface area contributed by atoms with Crippen LogP contribution in [-0.4, -0.2) is 27.8 Å². The fraction of sp³-hybridized carbons (Fsp3) is 0.185. The van der Waals surface area contributed by atoms with E-state index in [0.29, 0.717) is 11.1 Å². The molecule has 0 spiro atoms. The first-order valence-corrected chi connectivity index (χ1v) is 10.9. The van der Waals surface area contributed by atoms with Crippen molar-refractivity contribution in [1.82, 2.24) is 14.8 Å². The molecule has 6 heteroatoms. The SMILES string of the molecule is COC(=O)c1cccc(-c2c(C(C)C)n(-c3ccc(F)c(C)c3)c3cc4cn[nH]c4cc23)c1. The first-order chi connectivity index (χ1) is 15.9. The lowest BCUT2D eigenvalue weighted by atomic mass is 9.95. The number of aromatic nitrogens is 3. The van der Waals surface area contributed by atoms with Gasteiger partial charge in [-0.1, -0.05) is 26.0 Å². The minimum absolute atomic E-state index is 0.149. The normalized spacial score (nSPS) is 11.6. The smallest absolute Gasteiger partial charge is 0.337 e. The van der Waals surface area contributed by atoms with Crippen LogP contribution in [0.2, 0.25) is 0 Å². The highest BCUT2D eigenvalue weighted by molar-refractivity contribution is 6.06. The summed E-state index contributed by atoms with van der Waals surface area (Å²) in [5.74, 6) is -0.461. The Morgan fingerprint density at radius 3 is 2.67 bits per heavy atom. The van der Waals surface area contributed by atoms with Gasteiger partial charge in [-0.15, -0.1) is 0 Å². The highest BCUT2D eigenvalue weighted by atomic mass is 19.1. The Morgan fingerprint density at radius 2 is 1.94 bits per heavy atom.